The van der Waals surface area contributed by atoms with Gasteiger partial charge in [-0.15, -0.1) is 0 Å². The van der Waals surface area contributed by atoms with Crippen molar-refractivity contribution in [2.24, 2.45) is 12.0 Å². The number of guanidine groups is 1. The highest BCUT2D eigenvalue weighted by molar-refractivity contribution is 5.80. The Morgan fingerprint density at radius 2 is 1.96 bits per heavy atom. The highest BCUT2D eigenvalue weighted by atomic mass is 15.3. The number of hydrogen-bond donors (Lipinski definition) is 2. The molecule has 1 atom stereocenters. The average Bonchev–Trinajstić information content (AvgIpc) is 2.91. The minimum Gasteiger partial charge on any atom is -0.375 e. The summed E-state index contributed by atoms with van der Waals surface area (Å²) in [5.74, 6) is 0.886. The molecule has 0 amide bonds. The lowest BCUT2D eigenvalue weighted by molar-refractivity contribution is 0.634. The third-order valence-electron chi connectivity index (χ3n) is 5.02. The molecular weight excluding hydrogens is 348 g/mol. The number of anilines is 1. The first-order chi connectivity index (χ1) is 13.4. The van der Waals surface area contributed by atoms with Crippen LogP contribution in [-0.4, -0.2) is 48.5 Å². The number of benzene rings is 1. The molecule has 0 aliphatic rings. The van der Waals surface area contributed by atoms with E-state index >= 15 is 0 Å². The summed E-state index contributed by atoms with van der Waals surface area (Å²) in [6, 6.07) is 10.8. The van der Waals surface area contributed by atoms with Gasteiger partial charge < -0.3 is 15.5 Å². The number of aromatic nitrogens is 2. The Kier molecular flexibility index (Phi) is 8.36. The number of nitrogens with one attached hydrogen (secondary N) is 2. The van der Waals surface area contributed by atoms with Crippen LogP contribution in [0.15, 0.2) is 35.3 Å². The van der Waals surface area contributed by atoms with Crippen molar-refractivity contribution in [3.8, 4) is 0 Å². The predicted molar refractivity (Wildman–Crippen MR) is 119 cm³/mol. The van der Waals surface area contributed by atoms with Gasteiger partial charge in [-0.2, -0.15) is 5.10 Å². The molecule has 1 heterocycles. The number of para-hydroxylation sites is 1. The summed E-state index contributed by atoms with van der Waals surface area (Å²) in [4.78, 5) is 7.03. The van der Waals surface area contributed by atoms with Crippen molar-refractivity contribution in [2.75, 3.05) is 31.6 Å². The molecule has 0 fully saturated rings. The number of aliphatic imine (C=N–C) groups is 1. The molecular formula is C22H36N6. The maximum absolute atomic E-state index is 4.76. The zero-order valence-electron chi connectivity index (χ0n) is 18.3. The molecule has 0 spiro atoms. The Bertz CT molecular complexity index is 750. The first-order valence-corrected chi connectivity index (χ1v) is 10.2. The van der Waals surface area contributed by atoms with Crippen LogP contribution in [0.25, 0.3) is 0 Å². The van der Waals surface area contributed by atoms with Gasteiger partial charge in [0.15, 0.2) is 5.96 Å². The van der Waals surface area contributed by atoms with Crippen LogP contribution in [0.3, 0.4) is 0 Å². The maximum Gasteiger partial charge on any atom is 0.191 e. The Balaban J connectivity index is 1.85. The second-order valence-corrected chi connectivity index (χ2v) is 7.39. The summed E-state index contributed by atoms with van der Waals surface area (Å²) >= 11 is 0. The second kappa shape index (κ2) is 10.7. The molecule has 6 nitrogen and oxygen atoms in total. The fourth-order valence-corrected chi connectivity index (χ4v) is 3.33. The normalized spacial score (nSPS) is 12.7. The third kappa shape index (κ3) is 6.29. The molecule has 0 bridgehead atoms. The van der Waals surface area contributed by atoms with Gasteiger partial charge in [0.25, 0.3) is 0 Å². The molecule has 0 saturated heterocycles. The lowest BCUT2D eigenvalue weighted by Gasteiger charge is -2.20. The first kappa shape index (κ1) is 21.8. The Morgan fingerprint density at radius 1 is 1.25 bits per heavy atom. The minimum atomic E-state index is 0.284. The van der Waals surface area contributed by atoms with Gasteiger partial charge in [-0.1, -0.05) is 18.2 Å². The molecule has 0 radical (unpaired) electrons. The summed E-state index contributed by atoms with van der Waals surface area (Å²) in [5.41, 5.74) is 4.91. The van der Waals surface area contributed by atoms with E-state index in [2.05, 4.69) is 79.6 Å². The van der Waals surface area contributed by atoms with E-state index < -0.39 is 0 Å². The van der Waals surface area contributed by atoms with Crippen LogP contribution in [0, 0.1) is 13.8 Å². The van der Waals surface area contributed by atoms with E-state index in [0.29, 0.717) is 0 Å². The van der Waals surface area contributed by atoms with Crippen LogP contribution in [-0.2, 0) is 13.5 Å². The number of nitrogens with zero attached hydrogens (tertiary/aromatic N) is 4. The van der Waals surface area contributed by atoms with Crippen molar-refractivity contribution < 1.29 is 0 Å². The van der Waals surface area contributed by atoms with Crippen LogP contribution >= 0.6 is 0 Å². The van der Waals surface area contributed by atoms with Gasteiger partial charge in [0.05, 0.1) is 5.69 Å². The largest absolute Gasteiger partial charge is 0.375 e. The molecule has 1 aromatic carbocycles. The molecule has 2 rings (SSSR count). The summed E-state index contributed by atoms with van der Waals surface area (Å²) in [7, 11) is 4.13. The van der Waals surface area contributed by atoms with Gasteiger partial charge in [0, 0.05) is 51.2 Å². The van der Waals surface area contributed by atoms with Gasteiger partial charge in [-0.25, -0.2) is 0 Å². The smallest absolute Gasteiger partial charge is 0.191 e. The van der Waals surface area contributed by atoms with E-state index in [1.807, 2.05) is 17.8 Å². The van der Waals surface area contributed by atoms with Crippen molar-refractivity contribution in [3.05, 3.63) is 47.3 Å². The molecule has 2 aromatic rings. The molecule has 28 heavy (non-hydrogen) atoms. The zero-order chi connectivity index (χ0) is 20.5. The summed E-state index contributed by atoms with van der Waals surface area (Å²) in [6.45, 7) is 11.1. The van der Waals surface area contributed by atoms with Crippen LogP contribution in [0.5, 0.6) is 0 Å². The lowest BCUT2D eigenvalue weighted by Crippen LogP contribution is -2.43. The number of rotatable bonds is 9. The van der Waals surface area contributed by atoms with Crippen LogP contribution < -0.4 is 15.5 Å². The van der Waals surface area contributed by atoms with E-state index in [0.717, 1.165) is 44.1 Å². The highest BCUT2D eigenvalue weighted by Gasteiger charge is 2.14. The van der Waals surface area contributed by atoms with Crippen molar-refractivity contribution in [1.82, 2.24) is 20.4 Å². The molecule has 6 heteroatoms. The third-order valence-corrected chi connectivity index (χ3v) is 5.02. The maximum atomic E-state index is 4.76. The Labute approximate surface area is 170 Å². The first-order valence-electron chi connectivity index (χ1n) is 10.2. The lowest BCUT2D eigenvalue weighted by atomic mass is 10.1. The molecule has 0 aliphatic carbocycles. The fourth-order valence-electron chi connectivity index (χ4n) is 3.33. The fraction of sp³-hybridized carbons (Fsp3) is 0.545. The van der Waals surface area contributed by atoms with Crippen LogP contribution in [0.4, 0.5) is 5.69 Å². The number of hydrogen-bond acceptors (Lipinski definition) is 3. The molecule has 1 unspecified atom stereocenters. The van der Waals surface area contributed by atoms with E-state index in [9.17, 15) is 0 Å². The van der Waals surface area contributed by atoms with Gasteiger partial charge in [0.2, 0.25) is 0 Å². The summed E-state index contributed by atoms with van der Waals surface area (Å²) in [5, 5.41) is 11.4. The Hall–Kier alpha value is -2.50. The van der Waals surface area contributed by atoms with Gasteiger partial charge in [-0.05, 0) is 58.2 Å². The summed E-state index contributed by atoms with van der Waals surface area (Å²) in [6.07, 6.45) is 1.95. The van der Waals surface area contributed by atoms with Crippen molar-refractivity contribution in [3.63, 3.8) is 0 Å². The van der Waals surface area contributed by atoms with E-state index in [1.165, 1.54) is 16.9 Å². The second-order valence-electron chi connectivity index (χ2n) is 7.39. The van der Waals surface area contributed by atoms with Crippen LogP contribution in [0.2, 0.25) is 0 Å². The molecule has 2 N–H and O–H groups in total. The van der Waals surface area contributed by atoms with Gasteiger partial charge in [0.1, 0.15) is 0 Å². The minimum absolute atomic E-state index is 0.284. The highest BCUT2D eigenvalue weighted by Crippen LogP contribution is 2.14. The van der Waals surface area contributed by atoms with E-state index in [1.54, 1.807) is 0 Å². The molecule has 154 valence electrons. The molecule has 0 saturated carbocycles. The summed E-state index contributed by atoms with van der Waals surface area (Å²) < 4.78 is 1.96. The number of aryl methyl sites for hydroxylation is 2. The quantitative estimate of drug-likeness (QED) is 0.396. The SMILES string of the molecule is CCNC(=NCCCN(C)c1ccccc1)NC(C)Cc1c(C)nn(C)c1C. The molecule has 1 aromatic heterocycles. The van der Waals surface area contributed by atoms with Crippen molar-refractivity contribution in [1.29, 1.82) is 0 Å². The van der Waals surface area contributed by atoms with Crippen molar-refractivity contribution >= 4 is 11.6 Å². The van der Waals surface area contributed by atoms with E-state index in [-0.39, 0.29) is 6.04 Å². The topological polar surface area (TPSA) is 57.5 Å². The monoisotopic (exact) mass is 384 g/mol. The molecule has 0 aliphatic heterocycles. The Morgan fingerprint density at radius 3 is 2.57 bits per heavy atom. The predicted octanol–water partition coefficient (Wildman–Crippen LogP) is 3.05. The van der Waals surface area contributed by atoms with Crippen molar-refractivity contribution in [2.45, 2.75) is 46.6 Å². The van der Waals surface area contributed by atoms with Gasteiger partial charge in [-0.3, -0.25) is 9.67 Å². The van der Waals surface area contributed by atoms with Crippen LogP contribution in [0.1, 0.15) is 37.2 Å². The zero-order valence-corrected chi connectivity index (χ0v) is 18.3. The average molecular weight is 385 g/mol. The standard InChI is InChI=1S/C22H36N6/c1-7-23-22(24-14-11-15-27(5)20-12-9-8-10-13-20)25-17(2)16-21-18(3)26-28(6)19(21)4/h8-10,12-13,17H,7,11,14-16H2,1-6H3,(H2,23,24,25). The van der Waals surface area contributed by atoms with Gasteiger partial charge >= 0.3 is 0 Å². The van der Waals surface area contributed by atoms with E-state index in [4.69, 9.17) is 4.99 Å².